The van der Waals surface area contributed by atoms with E-state index in [2.05, 4.69) is 39.2 Å². The van der Waals surface area contributed by atoms with Crippen LogP contribution >= 0.6 is 24.8 Å². The van der Waals surface area contributed by atoms with Gasteiger partial charge in [-0.3, -0.25) is 9.36 Å². The first-order valence-corrected chi connectivity index (χ1v) is 9.59. The number of hydrogen-bond donors (Lipinski definition) is 2. The van der Waals surface area contributed by atoms with Gasteiger partial charge in [-0.2, -0.15) is 0 Å². The molecule has 5 nitrogen and oxygen atoms in total. The number of para-hydroxylation sites is 1. The summed E-state index contributed by atoms with van der Waals surface area (Å²) in [7, 11) is 0. The zero-order chi connectivity index (χ0) is 18.9. The van der Waals surface area contributed by atoms with E-state index in [0.29, 0.717) is 12.1 Å². The van der Waals surface area contributed by atoms with Crippen LogP contribution < -0.4 is 10.6 Å². The van der Waals surface area contributed by atoms with E-state index < -0.39 is 0 Å². The Morgan fingerprint density at radius 1 is 1.14 bits per heavy atom. The van der Waals surface area contributed by atoms with Crippen LogP contribution in [0.2, 0.25) is 0 Å². The largest absolute Gasteiger partial charge is 0.351 e. The molecule has 29 heavy (non-hydrogen) atoms. The number of piperidine rings is 1. The monoisotopic (exact) mass is 434 g/mol. The van der Waals surface area contributed by atoms with Crippen LogP contribution in [0.5, 0.6) is 0 Å². The zero-order valence-electron chi connectivity index (χ0n) is 16.8. The maximum atomic E-state index is 12.7. The second-order valence-corrected chi connectivity index (χ2v) is 7.78. The lowest BCUT2D eigenvalue weighted by atomic mass is 9.81. The number of carbonyl (C=O) groups is 1. The third-order valence-electron chi connectivity index (χ3n) is 5.59. The summed E-state index contributed by atoms with van der Waals surface area (Å²) in [4.78, 5) is 17.3. The number of fused-ring (bicyclic) bond motifs is 1. The second-order valence-electron chi connectivity index (χ2n) is 7.78. The number of aromatic nitrogens is 2. The number of benzene rings is 2. The van der Waals surface area contributed by atoms with Crippen molar-refractivity contribution in [1.82, 2.24) is 20.2 Å². The maximum Gasteiger partial charge on any atom is 0.251 e. The van der Waals surface area contributed by atoms with Crippen LogP contribution in [-0.4, -0.2) is 35.1 Å². The van der Waals surface area contributed by atoms with Gasteiger partial charge in [-0.05, 0) is 68.6 Å². The van der Waals surface area contributed by atoms with E-state index in [0.717, 1.165) is 48.5 Å². The van der Waals surface area contributed by atoms with Crippen LogP contribution in [0.3, 0.4) is 0 Å². The molecule has 1 fully saturated rings. The summed E-state index contributed by atoms with van der Waals surface area (Å²) in [5.41, 5.74) is 3.78. The first-order chi connectivity index (χ1) is 13.1. The molecule has 156 valence electrons. The normalized spacial score (nSPS) is 15.2. The number of halogens is 2. The Morgan fingerprint density at radius 3 is 2.52 bits per heavy atom. The number of aryl methyl sites for hydroxylation is 1. The highest BCUT2D eigenvalue weighted by atomic mass is 35.5. The van der Waals surface area contributed by atoms with E-state index in [1.807, 2.05) is 43.3 Å². The first-order valence-electron chi connectivity index (χ1n) is 9.59. The van der Waals surface area contributed by atoms with E-state index in [-0.39, 0.29) is 36.1 Å². The van der Waals surface area contributed by atoms with Crippen molar-refractivity contribution in [3.05, 3.63) is 59.9 Å². The second kappa shape index (κ2) is 9.61. The van der Waals surface area contributed by atoms with Crippen molar-refractivity contribution in [2.24, 2.45) is 5.41 Å². The Balaban J connectivity index is 0.00000150. The van der Waals surface area contributed by atoms with Crippen LogP contribution in [-0.2, 0) is 0 Å². The molecular formula is C22H28Cl2N4O. The van der Waals surface area contributed by atoms with Gasteiger partial charge in [0.15, 0.2) is 0 Å². The third kappa shape index (κ3) is 4.92. The number of rotatable bonds is 4. The molecule has 1 aromatic heterocycles. The van der Waals surface area contributed by atoms with Crippen LogP contribution in [0.15, 0.2) is 48.5 Å². The van der Waals surface area contributed by atoms with Gasteiger partial charge in [0.2, 0.25) is 0 Å². The molecule has 2 heterocycles. The third-order valence-corrected chi connectivity index (χ3v) is 5.59. The van der Waals surface area contributed by atoms with Crippen molar-refractivity contribution < 1.29 is 4.79 Å². The standard InChI is InChI=1S/C22H26N4O.2ClH/c1-16-25-19-14-17(21(27)24-15-22(2)10-12-23-13-11-22)8-9-20(19)26(16)18-6-4-3-5-7-18;;/h3-9,14,23H,10-13,15H2,1-2H3,(H,24,27);2*1H. The molecule has 0 bridgehead atoms. The van der Waals surface area contributed by atoms with Gasteiger partial charge in [0.1, 0.15) is 5.82 Å². The Morgan fingerprint density at radius 2 is 1.83 bits per heavy atom. The molecule has 2 aromatic carbocycles. The first kappa shape index (κ1) is 23.2. The minimum absolute atomic E-state index is 0. The summed E-state index contributed by atoms with van der Waals surface area (Å²) < 4.78 is 2.12. The number of imidazole rings is 1. The van der Waals surface area contributed by atoms with Gasteiger partial charge in [-0.15, -0.1) is 24.8 Å². The highest BCUT2D eigenvalue weighted by molar-refractivity contribution is 5.97. The maximum absolute atomic E-state index is 12.7. The van der Waals surface area contributed by atoms with Crippen molar-refractivity contribution in [2.75, 3.05) is 19.6 Å². The summed E-state index contributed by atoms with van der Waals surface area (Å²) in [6.45, 7) is 7.00. The van der Waals surface area contributed by atoms with Gasteiger partial charge in [0.25, 0.3) is 5.91 Å². The Bertz CT molecular complexity index is 966. The average molecular weight is 435 g/mol. The molecule has 3 aromatic rings. The molecule has 0 aliphatic carbocycles. The molecule has 1 amide bonds. The quantitative estimate of drug-likeness (QED) is 0.643. The molecule has 0 saturated carbocycles. The van der Waals surface area contributed by atoms with Crippen molar-refractivity contribution in [2.45, 2.75) is 26.7 Å². The topological polar surface area (TPSA) is 59.0 Å². The highest BCUT2D eigenvalue weighted by Crippen LogP contribution is 2.27. The molecule has 4 rings (SSSR count). The lowest BCUT2D eigenvalue weighted by Gasteiger charge is -2.34. The van der Waals surface area contributed by atoms with Gasteiger partial charge >= 0.3 is 0 Å². The van der Waals surface area contributed by atoms with E-state index in [1.54, 1.807) is 0 Å². The molecule has 0 radical (unpaired) electrons. The lowest BCUT2D eigenvalue weighted by molar-refractivity contribution is 0.0922. The van der Waals surface area contributed by atoms with Crippen LogP contribution in [0.25, 0.3) is 16.7 Å². The van der Waals surface area contributed by atoms with Gasteiger partial charge in [0.05, 0.1) is 11.0 Å². The molecule has 7 heteroatoms. The van der Waals surface area contributed by atoms with Crippen LogP contribution in [0.1, 0.15) is 35.9 Å². The molecule has 0 unspecified atom stereocenters. The average Bonchev–Trinajstić information content (AvgIpc) is 3.02. The zero-order valence-corrected chi connectivity index (χ0v) is 18.4. The van der Waals surface area contributed by atoms with Gasteiger partial charge in [0, 0.05) is 17.8 Å². The van der Waals surface area contributed by atoms with Crippen molar-refractivity contribution in [1.29, 1.82) is 0 Å². The molecule has 1 aliphatic rings. The van der Waals surface area contributed by atoms with Crippen molar-refractivity contribution in [3.8, 4) is 5.69 Å². The minimum Gasteiger partial charge on any atom is -0.351 e. The minimum atomic E-state index is -0.0245. The van der Waals surface area contributed by atoms with Gasteiger partial charge in [-0.1, -0.05) is 25.1 Å². The number of amides is 1. The van der Waals surface area contributed by atoms with E-state index in [1.165, 1.54) is 0 Å². The Kier molecular flexibility index (Phi) is 7.69. The molecule has 0 atom stereocenters. The van der Waals surface area contributed by atoms with Crippen LogP contribution in [0, 0.1) is 12.3 Å². The number of carbonyl (C=O) groups excluding carboxylic acids is 1. The summed E-state index contributed by atoms with van der Waals surface area (Å²) in [6, 6.07) is 15.9. The fourth-order valence-electron chi connectivity index (χ4n) is 3.85. The van der Waals surface area contributed by atoms with Gasteiger partial charge in [-0.25, -0.2) is 4.98 Å². The number of nitrogens with one attached hydrogen (secondary N) is 2. The SMILES string of the molecule is Cc1nc2cc(C(=O)NCC3(C)CCNCC3)ccc2n1-c1ccccc1.Cl.Cl. The predicted molar refractivity (Wildman–Crippen MR) is 123 cm³/mol. The van der Waals surface area contributed by atoms with Crippen LogP contribution in [0.4, 0.5) is 0 Å². The van der Waals surface area contributed by atoms with E-state index in [9.17, 15) is 4.79 Å². The predicted octanol–water partition coefficient (Wildman–Crippen LogP) is 4.30. The number of hydrogen-bond acceptors (Lipinski definition) is 3. The van der Waals surface area contributed by atoms with E-state index in [4.69, 9.17) is 0 Å². The van der Waals surface area contributed by atoms with E-state index >= 15 is 0 Å². The molecular weight excluding hydrogens is 407 g/mol. The lowest BCUT2D eigenvalue weighted by Crippen LogP contribution is -2.42. The Hall–Kier alpha value is -2.08. The van der Waals surface area contributed by atoms with Crippen molar-refractivity contribution in [3.63, 3.8) is 0 Å². The summed E-state index contributed by atoms with van der Waals surface area (Å²) in [5, 5.41) is 6.50. The molecule has 1 aliphatic heterocycles. The van der Waals surface area contributed by atoms with Crippen molar-refractivity contribution >= 4 is 41.8 Å². The highest BCUT2D eigenvalue weighted by Gasteiger charge is 2.27. The molecule has 1 saturated heterocycles. The molecule has 2 N–H and O–H groups in total. The van der Waals surface area contributed by atoms with Gasteiger partial charge < -0.3 is 10.6 Å². The smallest absolute Gasteiger partial charge is 0.251 e. The molecule has 0 spiro atoms. The Labute approximate surface area is 184 Å². The summed E-state index contributed by atoms with van der Waals surface area (Å²) in [6.07, 6.45) is 2.18. The summed E-state index contributed by atoms with van der Waals surface area (Å²) >= 11 is 0. The number of nitrogens with zero attached hydrogens (tertiary/aromatic N) is 2. The summed E-state index contributed by atoms with van der Waals surface area (Å²) in [5.74, 6) is 0.888. The fraction of sp³-hybridized carbons (Fsp3) is 0.364. The fourth-order valence-corrected chi connectivity index (χ4v) is 3.85.